The number of aliphatic hydroxyl groups excluding tert-OH is 1. The highest BCUT2D eigenvalue weighted by Crippen LogP contribution is 2.12. The molecule has 7 nitrogen and oxygen atoms in total. The van der Waals surface area contributed by atoms with E-state index in [2.05, 4.69) is 28.9 Å². The Morgan fingerprint density at radius 1 is 0.971 bits per heavy atom. The maximum absolute atomic E-state index is 12.8. The van der Waals surface area contributed by atoms with Crippen LogP contribution in [0.1, 0.15) is 46.8 Å². The maximum atomic E-state index is 12.8. The predicted molar refractivity (Wildman–Crippen MR) is 133 cm³/mol. The van der Waals surface area contributed by atoms with Gasteiger partial charge in [-0.15, -0.1) is 0 Å². The second-order valence-electron chi connectivity index (χ2n) is 8.53. The number of ketones is 2. The number of hydrogen-bond donors (Lipinski definition) is 1. The van der Waals surface area contributed by atoms with Crippen LogP contribution < -0.4 is 0 Å². The van der Waals surface area contributed by atoms with E-state index in [4.69, 9.17) is 4.74 Å². The first-order valence-corrected chi connectivity index (χ1v) is 11.9. The Bertz CT molecular complexity index is 1060. The third-order valence-electron chi connectivity index (χ3n) is 5.98. The molecule has 2 aromatic rings. The molecule has 1 N–H and O–H groups in total. The molecule has 0 aliphatic carbocycles. The zero-order valence-corrected chi connectivity index (χ0v) is 20.3. The van der Waals surface area contributed by atoms with Crippen molar-refractivity contribution in [2.75, 3.05) is 40.0 Å². The van der Waals surface area contributed by atoms with Crippen LogP contribution in [-0.2, 0) is 20.9 Å². The Balaban J connectivity index is 1.63. The van der Waals surface area contributed by atoms with E-state index in [1.807, 2.05) is 12.1 Å². The lowest BCUT2D eigenvalue weighted by Crippen LogP contribution is -2.48. The Hall–Kier alpha value is -3.31. The van der Waals surface area contributed by atoms with Gasteiger partial charge in [0.2, 0.25) is 0 Å². The van der Waals surface area contributed by atoms with Crippen LogP contribution in [0.3, 0.4) is 0 Å². The highest BCUT2D eigenvalue weighted by Gasteiger charge is 2.32. The molecule has 1 aliphatic heterocycles. The molecule has 3 rings (SSSR count). The monoisotopic (exact) mass is 476 g/mol. The molecule has 0 bridgehead atoms. The highest BCUT2D eigenvalue weighted by molar-refractivity contribution is 6.10. The predicted octanol–water partition coefficient (Wildman–Crippen LogP) is 2.29. The summed E-state index contributed by atoms with van der Waals surface area (Å²) in [6.45, 7) is 5.32. The van der Waals surface area contributed by atoms with Gasteiger partial charge in [0.1, 0.15) is 6.61 Å². The van der Waals surface area contributed by atoms with E-state index in [0.717, 1.165) is 55.3 Å². The van der Waals surface area contributed by atoms with Crippen molar-refractivity contribution in [1.82, 2.24) is 9.80 Å². The van der Waals surface area contributed by atoms with Crippen molar-refractivity contribution in [2.24, 2.45) is 0 Å². The second kappa shape index (κ2) is 13.0. The number of carbonyl (C=O) groups is 3. The van der Waals surface area contributed by atoms with Crippen molar-refractivity contribution < 1.29 is 24.2 Å². The Kier molecular flexibility index (Phi) is 9.74. The van der Waals surface area contributed by atoms with E-state index in [0.29, 0.717) is 5.56 Å². The molecule has 0 radical (unpaired) electrons. The van der Waals surface area contributed by atoms with Crippen LogP contribution in [0.25, 0.3) is 0 Å². The fourth-order valence-electron chi connectivity index (χ4n) is 3.96. The number of likely N-dealkylation sites (N-methyl/N-ethyl adjacent to an activating group) is 1. The van der Waals surface area contributed by atoms with E-state index in [9.17, 15) is 19.5 Å². The number of carbonyl (C=O) groups excluding carboxylic acids is 3. The number of ether oxygens (including phenoxy) is 1. The molecular weight excluding hydrogens is 444 g/mol. The van der Waals surface area contributed by atoms with E-state index >= 15 is 0 Å². The molecule has 0 spiro atoms. The molecule has 35 heavy (non-hydrogen) atoms. The van der Waals surface area contributed by atoms with Crippen LogP contribution in [-0.4, -0.2) is 78.4 Å². The number of hydrogen-bond acceptors (Lipinski definition) is 6. The van der Waals surface area contributed by atoms with Crippen molar-refractivity contribution in [3.8, 4) is 11.8 Å². The summed E-state index contributed by atoms with van der Waals surface area (Å²) >= 11 is 0. The molecule has 1 fully saturated rings. The average molecular weight is 477 g/mol. The molecule has 0 saturated carbocycles. The number of rotatable bonds is 8. The van der Waals surface area contributed by atoms with Crippen LogP contribution in [0.2, 0.25) is 0 Å². The molecule has 1 atom stereocenters. The maximum Gasteiger partial charge on any atom is 0.254 e. The minimum atomic E-state index is -1.28. The summed E-state index contributed by atoms with van der Waals surface area (Å²) in [5.41, 5.74) is 3.21. The lowest BCUT2D eigenvalue weighted by atomic mass is 10.0. The van der Waals surface area contributed by atoms with Gasteiger partial charge in [0.05, 0.1) is 6.61 Å². The zero-order valence-electron chi connectivity index (χ0n) is 20.3. The quantitative estimate of drug-likeness (QED) is 0.465. The van der Waals surface area contributed by atoms with Gasteiger partial charge in [0, 0.05) is 56.4 Å². The van der Waals surface area contributed by atoms with Crippen LogP contribution in [0.4, 0.5) is 0 Å². The van der Waals surface area contributed by atoms with Crippen LogP contribution >= 0.6 is 0 Å². The first kappa shape index (κ1) is 26.3. The topological polar surface area (TPSA) is 87.2 Å². The van der Waals surface area contributed by atoms with Gasteiger partial charge in [0.15, 0.2) is 17.6 Å². The molecule has 7 heteroatoms. The number of amides is 1. The van der Waals surface area contributed by atoms with Gasteiger partial charge < -0.3 is 14.7 Å². The van der Waals surface area contributed by atoms with Crippen molar-refractivity contribution in [1.29, 1.82) is 0 Å². The molecule has 2 aromatic carbocycles. The Morgan fingerprint density at radius 3 is 2.20 bits per heavy atom. The first-order chi connectivity index (χ1) is 16.9. The van der Waals surface area contributed by atoms with Gasteiger partial charge in [-0.25, -0.2) is 0 Å². The lowest BCUT2D eigenvalue weighted by molar-refractivity contribution is -0.134. The van der Waals surface area contributed by atoms with Crippen molar-refractivity contribution in [3.63, 3.8) is 0 Å². The Labute approximate surface area is 206 Å². The normalized spacial score (nSPS) is 14.8. The van der Waals surface area contributed by atoms with E-state index in [1.54, 1.807) is 31.2 Å². The zero-order chi connectivity index (χ0) is 25.2. The lowest BCUT2D eigenvalue weighted by Gasteiger charge is -2.25. The van der Waals surface area contributed by atoms with Gasteiger partial charge in [0.25, 0.3) is 5.91 Å². The molecule has 1 unspecified atom stereocenters. The fraction of sp³-hybridized carbons (Fsp3) is 0.393. The summed E-state index contributed by atoms with van der Waals surface area (Å²) in [6.07, 6.45) is 1.15. The fourth-order valence-corrected chi connectivity index (χ4v) is 3.96. The SMILES string of the molecule is CCC(=O)C(C(=O)CO)N(C)C(=O)c1ccc(C#Cc2ccc(CN3CCCOCC3)cc2)cc1. The molecule has 184 valence electrons. The van der Waals surface area contributed by atoms with Gasteiger partial charge >= 0.3 is 0 Å². The minimum absolute atomic E-state index is 0.0940. The van der Waals surface area contributed by atoms with Gasteiger partial charge in [-0.3, -0.25) is 19.3 Å². The van der Waals surface area contributed by atoms with Crippen molar-refractivity contribution in [2.45, 2.75) is 32.4 Å². The summed E-state index contributed by atoms with van der Waals surface area (Å²) in [5, 5.41) is 9.18. The summed E-state index contributed by atoms with van der Waals surface area (Å²) in [6, 6.07) is 13.6. The molecule has 1 amide bonds. The number of aliphatic hydroxyl groups is 1. The Morgan fingerprint density at radius 2 is 1.60 bits per heavy atom. The highest BCUT2D eigenvalue weighted by atomic mass is 16.5. The first-order valence-electron chi connectivity index (χ1n) is 11.9. The second-order valence-corrected chi connectivity index (χ2v) is 8.53. The van der Waals surface area contributed by atoms with E-state index < -0.39 is 30.1 Å². The average Bonchev–Trinajstić information content (AvgIpc) is 3.16. The van der Waals surface area contributed by atoms with Crippen molar-refractivity contribution >= 4 is 17.5 Å². The largest absolute Gasteiger partial charge is 0.388 e. The van der Waals surface area contributed by atoms with E-state index in [1.165, 1.54) is 12.6 Å². The van der Waals surface area contributed by atoms with Gasteiger partial charge in [-0.1, -0.05) is 30.9 Å². The standard InChI is InChI=1S/C28H32N2O5/c1-3-25(32)27(26(33)20-31)29(2)28(34)24-13-11-22(12-14-24)6-5-21-7-9-23(10-8-21)19-30-15-4-17-35-18-16-30/h7-14,27,31H,3-4,15-20H2,1-2H3. The van der Waals surface area contributed by atoms with Gasteiger partial charge in [-0.2, -0.15) is 0 Å². The number of nitrogens with zero attached hydrogens (tertiary/aromatic N) is 2. The number of Topliss-reactive ketones (excluding diaryl/α,β-unsaturated/α-hetero) is 2. The number of benzene rings is 2. The van der Waals surface area contributed by atoms with Crippen LogP contribution in [0, 0.1) is 11.8 Å². The summed E-state index contributed by atoms with van der Waals surface area (Å²) in [7, 11) is 1.39. The smallest absolute Gasteiger partial charge is 0.254 e. The molecule has 1 aliphatic rings. The summed E-state index contributed by atoms with van der Waals surface area (Å²) in [5.74, 6) is 4.67. The summed E-state index contributed by atoms with van der Waals surface area (Å²) < 4.78 is 5.51. The molecule has 1 heterocycles. The molecular formula is C28H32N2O5. The van der Waals surface area contributed by atoms with E-state index in [-0.39, 0.29) is 6.42 Å². The van der Waals surface area contributed by atoms with Gasteiger partial charge in [-0.05, 0) is 48.4 Å². The summed E-state index contributed by atoms with van der Waals surface area (Å²) in [4.78, 5) is 40.4. The third-order valence-corrected chi connectivity index (χ3v) is 5.98. The van der Waals surface area contributed by atoms with Crippen molar-refractivity contribution in [3.05, 3.63) is 70.8 Å². The molecule has 0 aromatic heterocycles. The third kappa shape index (κ3) is 7.33. The minimum Gasteiger partial charge on any atom is -0.388 e. The van der Waals surface area contributed by atoms with Crippen LogP contribution in [0.15, 0.2) is 48.5 Å². The molecule has 1 saturated heterocycles. The van der Waals surface area contributed by atoms with Crippen LogP contribution in [0.5, 0.6) is 0 Å².